The number of thiophene rings is 1. The van der Waals surface area contributed by atoms with Gasteiger partial charge < -0.3 is 19.9 Å². The summed E-state index contributed by atoms with van der Waals surface area (Å²) in [6.45, 7) is 4.30. The fourth-order valence-electron chi connectivity index (χ4n) is 3.95. The van der Waals surface area contributed by atoms with Crippen LogP contribution in [0.15, 0.2) is 42.5 Å². The van der Waals surface area contributed by atoms with Crippen LogP contribution in [0.25, 0.3) is 11.1 Å². The number of anilines is 1. The van der Waals surface area contributed by atoms with Crippen LogP contribution >= 0.6 is 11.3 Å². The number of carboxylic acids is 1. The second-order valence-electron chi connectivity index (χ2n) is 7.33. The zero-order valence-corrected chi connectivity index (χ0v) is 18.3. The molecule has 0 radical (unpaired) electrons. The summed E-state index contributed by atoms with van der Waals surface area (Å²) in [5, 5.41) is 12.9. The summed E-state index contributed by atoms with van der Waals surface area (Å²) in [5.74, 6) is -0.340. The van der Waals surface area contributed by atoms with Gasteiger partial charge in [-0.3, -0.25) is 4.79 Å². The Balaban J connectivity index is 1.94. The third kappa shape index (κ3) is 3.77. The third-order valence-corrected chi connectivity index (χ3v) is 6.63. The summed E-state index contributed by atoms with van der Waals surface area (Å²) < 4.78 is 11.4. The van der Waals surface area contributed by atoms with Gasteiger partial charge in [-0.15, -0.1) is 11.3 Å². The van der Waals surface area contributed by atoms with Gasteiger partial charge in [0.1, 0.15) is 4.88 Å². The lowest BCUT2D eigenvalue weighted by molar-refractivity contribution is -0.116. The van der Waals surface area contributed by atoms with Crippen LogP contribution < -0.4 is 14.8 Å². The number of ether oxygens (including phenoxy) is 2. The van der Waals surface area contributed by atoms with E-state index in [0.717, 1.165) is 21.6 Å². The fraction of sp³-hybridized carbons (Fsp3) is 0.250. The lowest BCUT2D eigenvalue weighted by atomic mass is 9.88. The maximum absolute atomic E-state index is 12.7. The molecule has 1 unspecified atom stereocenters. The van der Waals surface area contributed by atoms with Crippen molar-refractivity contribution in [3.05, 3.63) is 63.3 Å². The Labute approximate surface area is 184 Å². The van der Waals surface area contributed by atoms with Gasteiger partial charge in [-0.2, -0.15) is 0 Å². The minimum Gasteiger partial charge on any atom is -0.493 e. The van der Waals surface area contributed by atoms with E-state index >= 15 is 0 Å². The minimum atomic E-state index is -1.02. The number of rotatable bonds is 6. The van der Waals surface area contributed by atoms with Crippen molar-refractivity contribution in [2.75, 3.05) is 19.0 Å². The lowest BCUT2D eigenvalue weighted by Crippen LogP contribution is -2.23. The molecule has 0 saturated carbocycles. The van der Waals surface area contributed by atoms with Gasteiger partial charge >= 0.3 is 5.97 Å². The molecule has 0 fully saturated rings. The lowest BCUT2D eigenvalue weighted by Gasteiger charge is -2.26. The minimum absolute atomic E-state index is 0.161. The molecule has 31 heavy (non-hydrogen) atoms. The molecule has 2 aromatic carbocycles. The number of hydrogen-bond acceptors (Lipinski definition) is 5. The maximum atomic E-state index is 12.7. The van der Waals surface area contributed by atoms with Crippen LogP contribution in [0.2, 0.25) is 0 Å². The summed E-state index contributed by atoms with van der Waals surface area (Å²) >= 11 is 1.20. The summed E-state index contributed by atoms with van der Waals surface area (Å²) in [6.07, 6.45) is 0.202. The van der Waals surface area contributed by atoms with E-state index in [1.165, 1.54) is 11.3 Å². The van der Waals surface area contributed by atoms with E-state index in [1.807, 2.05) is 56.3 Å². The van der Waals surface area contributed by atoms with E-state index < -0.39 is 5.97 Å². The first-order valence-electron chi connectivity index (χ1n) is 10.0. The number of hydrogen-bond donors (Lipinski definition) is 2. The average molecular weight is 438 g/mol. The normalized spacial score (nSPS) is 15.2. The van der Waals surface area contributed by atoms with Gasteiger partial charge in [0.05, 0.1) is 19.4 Å². The largest absolute Gasteiger partial charge is 0.493 e. The van der Waals surface area contributed by atoms with Crippen LogP contribution in [0, 0.1) is 6.92 Å². The molecular weight excluding hydrogens is 414 g/mol. The molecule has 7 heteroatoms. The Morgan fingerprint density at radius 3 is 2.61 bits per heavy atom. The smallest absolute Gasteiger partial charge is 0.346 e. The fourth-order valence-corrected chi connectivity index (χ4v) is 5.19. The molecule has 0 saturated heterocycles. The number of aromatic carboxylic acids is 1. The first-order chi connectivity index (χ1) is 14.9. The second-order valence-corrected chi connectivity index (χ2v) is 8.39. The molecule has 160 valence electrons. The van der Waals surface area contributed by atoms with Crippen LogP contribution in [0.5, 0.6) is 11.5 Å². The van der Waals surface area contributed by atoms with Gasteiger partial charge in [-0.1, -0.05) is 42.0 Å². The maximum Gasteiger partial charge on any atom is 0.346 e. The number of amides is 1. The van der Waals surface area contributed by atoms with Gasteiger partial charge in [0.15, 0.2) is 11.5 Å². The van der Waals surface area contributed by atoms with E-state index in [9.17, 15) is 14.7 Å². The van der Waals surface area contributed by atoms with Crippen molar-refractivity contribution in [2.24, 2.45) is 0 Å². The summed E-state index contributed by atoms with van der Waals surface area (Å²) in [6, 6.07) is 13.2. The number of nitrogens with one attached hydrogen (secondary N) is 1. The molecule has 1 aliphatic rings. The van der Waals surface area contributed by atoms with E-state index in [4.69, 9.17) is 9.47 Å². The highest BCUT2D eigenvalue weighted by Crippen LogP contribution is 2.51. The Morgan fingerprint density at radius 1 is 1.23 bits per heavy atom. The number of methoxy groups -OCH3 is 1. The molecule has 3 aromatic rings. The molecule has 1 atom stereocenters. The number of para-hydroxylation sites is 1. The van der Waals surface area contributed by atoms with Crippen LogP contribution in [0.3, 0.4) is 0 Å². The molecule has 2 heterocycles. The molecule has 1 amide bonds. The monoisotopic (exact) mass is 437 g/mol. The topological polar surface area (TPSA) is 84.9 Å². The molecule has 0 spiro atoms. The molecule has 4 rings (SSSR count). The van der Waals surface area contributed by atoms with Gasteiger partial charge in [-0.25, -0.2) is 4.79 Å². The number of carbonyl (C=O) groups is 2. The molecule has 6 nitrogen and oxygen atoms in total. The van der Waals surface area contributed by atoms with Gasteiger partial charge in [0, 0.05) is 28.3 Å². The average Bonchev–Trinajstić information content (AvgIpc) is 3.14. The quantitative estimate of drug-likeness (QED) is 0.546. The predicted molar refractivity (Wildman–Crippen MR) is 121 cm³/mol. The first kappa shape index (κ1) is 20.9. The van der Waals surface area contributed by atoms with Crippen molar-refractivity contribution < 1.29 is 24.2 Å². The second kappa shape index (κ2) is 8.43. The number of fused-ring (bicyclic) bond motifs is 1. The van der Waals surface area contributed by atoms with Crippen LogP contribution in [0.4, 0.5) is 5.69 Å². The van der Waals surface area contributed by atoms with Crippen LogP contribution in [-0.2, 0) is 4.79 Å². The molecule has 0 aliphatic carbocycles. The van der Waals surface area contributed by atoms with Crippen LogP contribution in [-0.4, -0.2) is 30.7 Å². The number of carbonyl (C=O) groups excluding carboxylic acids is 1. The van der Waals surface area contributed by atoms with Crippen LogP contribution in [0.1, 0.15) is 44.9 Å². The van der Waals surface area contributed by atoms with E-state index in [-0.39, 0.29) is 23.1 Å². The Kier molecular flexibility index (Phi) is 5.69. The summed E-state index contributed by atoms with van der Waals surface area (Å²) in [7, 11) is 1.57. The predicted octanol–water partition coefficient (Wildman–Crippen LogP) is 5.30. The summed E-state index contributed by atoms with van der Waals surface area (Å²) in [4.78, 5) is 25.9. The Morgan fingerprint density at radius 2 is 1.97 bits per heavy atom. The van der Waals surface area contributed by atoms with E-state index in [1.54, 1.807) is 7.11 Å². The number of aryl methyl sites for hydroxylation is 1. The standard InChI is InChI=1S/C24H23NO5S/c1-4-30-21-15(6-5-7-17(21)29-3)16-12-18(26)25-20-19(14-10-8-13(2)9-11-14)23(24(27)28)31-22(16)20/h5-11,16H,4,12H2,1-3H3,(H,25,26)(H,27,28). The Bertz CT molecular complexity index is 1150. The van der Waals surface area contributed by atoms with Crippen molar-refractivity contribution in [3.8, 4) is 22.6 Å². The molecule has 0 bridgehead atoms. The van der Waals surface area contributed by atoms with Crippen molar-refractivity contribution in [1.82, 2.24) is 0 Å². The highest BCUT2D eigenvalue weighted by Gasteiger charge is 2.36. The molecule has 2 N–H and O–H groups in total. The van der Waals surface area contributed by atoms with E-state index in [0.29, 0.717) is 29.4 Å². The highest BCUT2D eigenvalue weighted by atomic mass is 32.1. The van der Waals surface area contributed by atoms with E-state index in [2.05, 4.69) is 5.32 Å². The zero-order chi connectivity index (χ0) is 22.1. The number of benzene rings is 2. The van der Waals surface area contributed by atoms with Gasteiger partial charge in [0.2, 0.25) is 5.91 Å². The summed E-state index contributed by atoms with van der Waals surface area (Å²) in [5.41, 5.74) is 3.76. The number of carboxylic acid groups (broad SMARTS) is 1. The Hall–Kier alpha value is -3.32. The first-order valence-corrected chi connectivity index (χ1v) is 10.8. The van der Waals surface area contributed by atoms with Crippen molar-refractivity contribution >= 4 is 28.9 Å². The molecule has 1 aromatic heterocycles. The zero-order valence-electron chi connectivity index (χ0n) is 17.5. The molecule has 1 aliphatic heterocycles. The SMILES string of the molecule is CCOc1c(OC)cccc1C1CC(=O)Nc2c1sc(C(=O)O)c2-c1ccc(C)cc1. The van der Waals surface area contributed by atoms with Crippen molar-refractivity contribution in [1.29, 1.82) is 0 Å². The highest BCUT2D eigenvalue weighted by molar-refractivity contribution is 7.15. The van der Waals surface area contributed by atoms with Gasteiger partial charge in [0.25, 0.3) is 0 Å². The third-order valence-electron chi connectivity index (χ3n) is 5.33. The van der Waals surface area contributed by atoms with Crippen molar-refractivity contribution in [3.63, 3.8) is 0 Å². The molecular formula is C24H23NO5S. The van der Waals surface area contributed by atoms with Gasteiger partial charge in [-0.05, 0) is 25.5 Å². The van der Waals surface area contributed by atoms with Crippen molar-refractivity contribution in [2.45, 2.75) is 26.2 Å².